The SMILES string of the molecule is COc1c(OC(C)C)cc2oc(-c3ccccc3)cc(=O)c2c1O. The fourth-order valence-corrected chi connectivity index (χ4v) is 2.54. The van der Waals surface area contributed by atoms with Gasteiger partial charge in [0.15, 0.2) is 16.9 Å². The Morgan fingerprint density at radius 3 is 2.46 bits per heavy atom. The molecule has 0 unspecified atom stereocenters. The molecule has 2 aromatic carbocycles. The van der Waals surface area contributed by atoms with Gasteiger partial charge in [-0.15, -0.1) is 0 Å². The fourth-order valence-electron chi connectivity index (χ4n) is 2.54. The van der Waals surface area contributed by atoms with Gasteiger partial charge in [0.05, 0.1) is 13.2 Å². The summed E-state index contributed by atoms with van der Waals surface area (Å²) in [4.78, 5) is 12.5. The summed E-state index contributed by atoms with van der Waals surface area (Å²) >= 11 is 0. The van der Waals surface area contributed by atoms with Crippen molar-refractivity contribution >= 4 is 11.0 Å². The Kier molecular flexibility index (Phi) is 4.16. The van der Waals surface area contributed by atoms with E-state index in [4.69, 9.17) is 13.9 Å². The molecule has 0 aliphatic rings. The molecule has 0 amide bonds. The molecule has 124 valence electrons. The van der Waals surface area contributed by atoms with Gasteiger partial charge in [-0.1, -0.05) is 30.3 Å². The van der Waals surface area contributed by atoms with E-state index in [1.165, 1.54) is 13.2 Å². The van der Waals surface area contributed by atoms with Crippen molar-refractivity contribution in [3.8, 4) is 28.6 Å². The molecule has 0 spiro atoms. The molecule has 0 fully saturated rings. The minimum Gasteiger partial charge on any atom is -0.504 e. The summed E-state index contributed by atoms with van der Waals surface area (Å²) in [5.41, 5.74) is 0.676. The van der Waals surface area contributed by atoms with Crippen LogP contribution in [0.3, 0.4) is 0 Å². The number of rotatable bonds is 4. The largest absolute Gasteiger partial charge is 0.504 e. The van der Waals surface area contributed by atoms with E-state index in [9.17, 15) is 9.90 Å². The van der Waals surface area contributed by atoms with Crippen molar-refractivity contribution in [3.63, 3.8) is 0 Å². The van der Waals surface area contributed by atoms with Crippen LogP contribution < -0.4 is 14.9 Å². The minimum absolute atomic E-state index is 0.0719. The van der Waals surface area contributed by atoms with Crippen molar-refractivity contribution in [3.05, 3.63) is 52.7 Å². The highest BCUT2D eigenvalue weighted by Crippen LogP contribution is 2.42. The molecule has 0 aliphatic heterocycles. The molecule has 0 aliphatic carbocycles. The second kappa shape index (κ2) is 6.28. The van der Waals surface area contributed by atoms with Crippen LogP contribution in [-0.4, -0.2) is 18.3 Å². The molecule has 24 heavy (non-hydrogen) atoms. The second-order valence-corrected chi connectivity index (χ2v) is 5.64. The smallest absolute Gasteiger partial charge is 0.204 e. The van der Waals surface area contributed by atoms with Crippen LogP contribution in [0.5, 0.6) is 17.2 Å². The van der Waals surface area contributed by atoms with Crippen molar-refractivity contribution in [1.82, 2.24) is 0 Å². The molecule has 0 radical (unpaired) electrons. The van der Waals surface area contributed by atoms with Crippen molar-refractivity contribution in [2.75, 3.05) is 7.11 Å². The van der Waals surface area contributed by atoms with Crippen LogP contribution in [0.25, 0.3) is 22.3 Å². The number of ether oxygens (including phenoxy) is 2. The predicted octanol–water partition coefficient (Wildman–Crippen LogP) is 3.96. The van der Waals surface area contributed by atoms with Crippen molar-refractivity contribution < 1.29 is 19.0 Å². The van der Waals surface area contributed by atoms with Gasteiger partial charge in [-0.05, 0) is 13.8 Å². The van der Waals surface area contributed by atoms with Crippen LogP contribution in [0, 0.1) is 0 Å². The van der Waals surface area contributed by atoms with E-state index in [1.807, 2.05) is 44.2 Å². The van der Waals surface area contributed by atoms with Gasteiger partial charge in [-0.2, -0.15) is 0 Å². The van der Waals surface area contributed by atoms with Crippen LogP contribution in [-0.2, 0) is 0 Å². The first-order chi connectivity index (χ1) is 11.5. The van der Waals surface area contributed by atoms with Crippen molar-refractivity contribution in [2.24, 2.45) is 0 Å². The average molecular weight is 326 g/mol. The molecule has 5 heteroatoms. The van der Waals surface area contributed by atoms with E-state index in [2.05, 4.69) is 0 Å². The van der Waals surface area contributed by atoms with Crippen molar-refractivity contribution in [2.45, 2.75) is 20.0 Å². The number of aromatic hydroxyl groups is 1. The summed E-state index contributed by atoms with van der Waals surface area (Å²) in [6.45, 7) is 3.72. The Bertz CT molecular complexity index is 926. The van der Waals surface area contributed by atoms with E-state index in [-0.39, 0.29) is 34.0 Å². The van der Waals surface area contributed by atoms with E-state index >= 15 is 0 Å². The minimum atomic E-state index is -0.345. The first kappa shape index (κ1) is 15.9. The Labute approximate surface area is 139 Å². The molecule has 0 atom stereocenters. The van der Waals surface area contributed by atoms with Gasteiger partial charge in [0.25, 0.3) is 0 Å². The first-order valence-corrected chi connectivity index (χ1v) is 7.61. The number of benzene rings is 2. The standard InChI is InChI=1S/C19H18O5/c1-11(2)23-16-10-15-17(18(21)19(16)22-3)13(20)9-14(24-15)12-7-5-4-6-8-12/h4-11,21H,1-3H3. The average Bonchev–Trinajstić information content (AvgIpc) is 2.54. The molecular formula is C19H18O5. The van der Waals surface area contributed by atoms with Crippen LogP contribution in [0.2, 0.25) is 0 Å². The van der Waals surface area contributed by atoms with Crippen LogP contribution >= 0.6 is 0 Å². The number of phenols is 1. The lowest BCUT2D eigenvalue weighted by molar-refractivity contribution is 0.227. The lowest BCUT2D eigenvalue weighted by atomic mass is 10.1. The molecule has 0 bridgehead atoms. The first-order valence-electron chi connectivity index (χ1n) is 7.61. The van der Waals surface area contributed by atoms with Crippen LogP contribution in [0.4, 0.5) is 0 Å². The molecule has 5 nitrogen and oxygen atoms in total. The summed E-state index contributed by atoms with van der Waals surface area (Å²) in [6, 6.07) is 12.2. The van der Waals surface area contributed by atoms with Crippen LogP contribution in [0.15, 0.2) is 51.7 Å². The van der Waals surface area contributed by atoms with E-state index in [0.29, 0.717) is 11.5 Å². The highest BCUT2D eigenvalue weighted by Gasteiger charge is 2.20. The third-order valence-electron chi connectivity index (χ3n) is 3.54. The summed E-state index contributed by atoms with van der Waals surface area (Å²) < 4.78 is 16.7. The molecular weight excluding hydrogens is 308 g/mol. The van der Waals surface area contributed by atoms with Gasteiger partial charge in [-0.25, -0.2) is 0 Å². The lowest BCUT2D eigenvalue weighted by Gasteiger charge is -2.15. The molecule has 0 saturated heterocycles. The Balaban J connectivity index is 2.28. The van der Waals surface area contributed by atoms with Gasteiger partial charge < -0.3 is 19.0 Å². The van der Waals surface area contributed by atoms with Gasteiger partial charge in [-0.3, -0.25) is 4.79 Å². The number of hydrogen-bond acceptors (Lipinski definition) is 5. The molecule has 3 rings (SSSR count). The number of fused-ring (bicyclic) bond motifs is 1. The zero-order valence-corrected chi connectivity index (χ0v) is 13.7. The fraction of sp³-hybridized carbons (Fsp3) is 0.211. The Hall–Kier alpha value is -2.95. The maximum absolute atomic E-state index is 12.5. The number of hydrogen-bond donors (Lipinski definition) is 1. The van der Waals surface area contributed by atoms with Gasteiger partial charge in [0.1, 0.15) is 16.7 Å². The second-order valence-electron chi connectivity index (χ2n) is 5.64. The summed E-state index contributed by atoms with van der Waals surface area (Å²) in [5, 5.41) is 10.5. The summed E-state index contributed by atoms with van der Waals surface area (Å²) in [5.74, 6) is 0.592. The van der Waals surface area contributed by atoms with Crippen molar-refractivity contribution in [1.29, 1.82) is 0 Å². The molecule has 0 saturated carbocycles. The molecule has 3 aromatic rings. The summed E-state index contributed by atoms with van der Waals surface area (Å²) in [7, 11) is 1.41. The third kappa shape index (κ3) is 2.80. The van der Waals surface area contributed by atoms with Crippen LogP contribution in [0.1, 0.15) is 13.8 Å². The van der Waals surface area contributed by atoms with E-state index in [0.717, 1.165) is 5.56 Å². The highest BCUT2D eigenvalue weighted by atomic mass is 16.5. The topological polar surface area (TPSA) is 68.9 Å². The molecule has 1 aromatic heterocycles. The zero-order valence-electron chi connectivity index (χ0n) is 13.7. The van der Waals surface area contributed by atoms with Gasteiger partial charge in [0.2, 0.25) is 5.75 Å². The zero-order chi connectivity index (χ0) is 17.3. The maximum Gasteiger partial charge on any atom is 0.204 e. The van der Waals surface area contributed by atoms with E-state index < -0.39 is 0 Å². The number of phenolic OH excluding ortho intramolecular Hbond substituents is 1. The Morgan fingerprint density at radius 1 is 1.12 bits per heavy atom. The summed E-state index contributed by atoms with van der Waals surface area (Å²) in [6.07, 6.45) is -0.125. The number of methoxy groups -OCH3 is 1. The predicted molar refractivity (Wildman–Crippen MR) is 91.9 cm³/mol. The molecule has 1 N–H and O–H groups in total. The normalized spacial score (nSPS) is 11.0. The quantitative estimate of drug-likeness (QED) is 0.786. The third-order valence-corrected chi connectivity index (χ3v) is 3.54. The Morgan fingerprint density at radius 2 is 1.83 bits per heavy atom. The van der Waals surface area contributed by atoms with Gasteiger partial charge >= 0.3 is 0 Å². The van der Waals surface area contributed by atoms with Gasteiger partial charge in [0, 0.05) is 17.7 Å². The maximum atomic E-state index is 12.5. The van der Waals surface area contributed by atoms with E-state index in [1.54, 1.807) is 6.07 Å². The highest BCUT2D eigenvalue weighted by molar-refractivity contribution is 5.89. The monoisotopic (exact) mass is 326 g/mol. The lowest BCUT2D eigenvalue weighted by Crippen LogP contribution is -2.08. The molecule has 1 heterocycles.